The van der Waals surface area contributed by atoms with Gasteiger partial charge in [0.2, 0.25) is 0 Å². The van der Waals surface area contributed by atoms with E-state index >= 15 is 0 Å². The lowest BCUT2D eigenvalue weighted by Crippen LogP contribution is -2.51. The van der Waals surface area contributed by atoms with Crippen LogP contribution in [0.3, 0.4) is 0 Å². The van der Waals surface area contributed by atoms with Gasteiger partial charge in [-0.2, -0.15) is 36.9 Å². The summed E-state index contributed by atoms with van der Waals surface area (Å²) < 4.78 is 79.3. The lowest BCUT2D eigenvalue weighted by Gasteiger charge is -2.45. The van der Waals surface area contributed by atoms with Crippen molar-refractivity contribution in [2.75, 3.05) is 26.2 Å². The number of benzene rings is 4. The molecule has 0 bridgehead atoms. The number of alkyl halides is 6. The standard InChI is InChI=1S/2C31H36F3N3O2/c2*1-29(39,31(32,33)34)23-9-7-22(8-10-23)28(38)37(26-11-12-26)27-15-19-36(20-16-27)25-13-17-30(21-35,18-14-25)24-5-3-2-4-6-24/h2*2-10,25-27,39H,11-20H2,1H3/t2*25?,29-,30?/m00/s1. The second-order valence-electron chi connectivity index (χ2n) is 23.3. The number of hydrogen-bond acceptors (Lipinski definition) is 8. The predicted molar refractivity (Wildman–Crippen MR) is 284 cm³/mol. The fraction of sp³-hybridized carbons (Fsp3) is 0.548. The Morgan fingerprint density at radius 2 is 0.756 bits per heavy atom. The molecule has 2 saturated heterocycles. The van der Waals surface area contributed by atoms with Crippen LogP contribution in [-0.2, 0) is 22.0 Å². The number of amides is 2. The van der Waals surface area contributed by atoms with Crippen molar-refractivity contribution in [3.8, 4) is 12.1 Å². The molecular formula is C62H72F6N6O4. The molecular weight excluding hydrogens is 1010 g/mol. The fourth-order valence-corrected chi connectivity index (χ4v) is 12.9. The number of nitrogens with zero attached hydrogens (tertiary/aromatic N) is 6. The molecule has 16 heteroatoms. The minimum Gasteiger partial charge on any atom is -0.376 e. The zero-order valence-corrected chi connectivity index (χ0v) is 44.7. The van der Waals surface area contributed by atoms with Gasteiger partial charge in [-0.25, -0.2) is 0 Å². The molecule has 4 aromatic rings. The Bertz CT molecular complexity index is 2560. The van der Waals surface area contributed by atoms with E-state index in [0.29, 0.717) is 23.2 Å². The SMILES string of the molecule is C[C@](O)(c1ccc(C(=O)N(C2CC2)C2CCN(C3CCC(C#N)(c4ccccc4)CC3)CC2)cc1)C(F)(F)F.C[C@](O)(c1ccc(C(=O)N(C2CC2)C2CCN(C3CCC(C#N)(c4ccccc4)CC3)CC2)cc1)C(F)(F)F. The zero-order chi connectivity index (χ0) is 55.7. The summed E-state index contributed by atoms with van der Waals surface area (Å²) in [6.45, 7) is 5.02. The number of nitriles is 2. The van der Waals surface area contributed by atoms with E-state index in [1.807, 2.05) is 46.2 Å². The lowest BCUT2D eigenvalue weighted by molar-refractivity contribution is -0.259. The summed E-state index contributed by atoms with van der Waals surface area (Å²) in [4.78, 5) is 36.0. The van der Waals surface area contributed by atoms with Gasteiger partial charge >= 0.3 is 12.4 Å². The Hall–Kier alpha value is -5.78. The second kappa shape index (κ2) is 22.8. The average Bonchev–Trinajstić information content (AvgIpc) is 4.42. The summed E-state index contributed by atoms with van der Waals surface area (Å²) in [5.41, 5.74) is -4.38. The van der Waals surface area contributed by atoms with Crippen molar-refractivity contribution in [2.24, 2.45) is 0 Å². The number of rotatable bonds is 12. The maximum Gasteiger partial charge on any atom is 0.421 e. The molecule has 4 aliphatic carbocycles. The lowest BCUT2D eigenvalue weighted by atomic mass is 9.69. The maximum absolute atomic E-state index is 13.5. The van der Waals surface area contributed by atoms with Gasteiger partial charge in [-0.15, -0.1) is 0 Å². The minimum absolute atomic E-state index is 0.102. The van der Waals surface area contributed by atoms with Crippen molar-refractivity contribution in [2.45, 2.75) is 187 Å². The van der Waals surface area contributed by atoms with Crippen LogP contribution >= 0.6 is 0 Å². The van der Waals surface area contributed by atoms with Gasteiger partial charge in [0.05, 0.1) is 23.0 Å². The van der Waals surface area contributed by atoms with E-state index in [9.17, 15) is 56.7 Å². The Kier molecular flexibility index (Phi) is 16.6. The van der Waals surface area contributed by atoms with Crippen LogP contribution in [0.1, 0.15) is 160 Å². The Morgan fingerprint density at radius 1 is 0.474 bits per heavy atom. The molecule has 2 atom stereocenters. The molecule has 10 rings (SSSR count). The summed E-state index contributed by atoms with van der Waals surface area (Å²) in [7, 11) is 0. The molecule has 2 amide bonds. The summed E-state index contributed by atoms with van der Waals surface area (Å²) >= 11 is 0. The first-order valence-electron chi connectivity index (χ1n) is 28.0. The highest BCUT2D eigenvalue weighted by molar-refractivity contribution is 5.95. The highest BCUT2D eigenvalue weighted by Gasteiger charge is 2.53. The first kappa shape index (κ1) is 56.9. The fourth-order valence-electron chi connectivity index (χ4n) is 12.9. The Morgan fingerprint density at radius 3 is 1.01 bits per heavy atom. The molecule has 78 heavy (non-hydrogen) atoms. The zero-order valence-electron chi connectivity index (χ0n) is 44.7. The van der Waals surface area contributed by atoms with Crippen LogP contribution in [-0.4, -0.2) is 116 Å². The van der Waals surface area contributed by atoms with Crippen LogP contribution < -0.4 is 0 Å². The Balaban J connectivity index is 0.000000190. The van der Waals surface area contributed by atoms with Crippen molar-refractivity contribution in [3.63, 3.8) is 0 Å². The van der Waals surface area contributed by atoms with E-state index in [1.165, 1.54) is 48.5 Å². The number of halogens is 6. The molecule has 0 radical (unpaired) electrons. The van der Waals surface area contributed by atoms with E-state index < -0.39 is 34.4 Å². The first-order valence-corrected chi connectivity index (χ1v) is 28.0. The van der Waals surface area contributed by atoms with Crippen LogP contribution in [0.4, 0.5) is 26.3 Å². The van der Waals surface area contributed by atoms with Gasteiger partial charge < -0.3 is 29.8 Å². The highest BCUT2D eigenvalue weighted by atomic mass is 19.4. The summed E-state index contributed by atoms with van der Waals surface area (Å²) in [6.07, 6.45) is 4.95. The quantitative estimate of drug-likeness (QED) is 0.134. The van der Waals surface area contributed by atoms with Crippen molar-refractivity contribution < 1.29 is 46.1 Å². The van der Waals surface area contributed by atoms with Crippen LogP contribution in [0.5, 0.6) is 0 Å². The minimum atomic E-state index is -4.80. The number of piperidine rings is 2. The van der Waals surface area contributed by atoms with Gasteiger partial charge in [-0.3, -0.25) is 9.59 Å². The number of hydrogen-bond donors (Lipinski definition) is 2. The number of likely N-dealkylation sites (tertiary alicyclic amines) is 2. The van der Waals surface area contributed by atoms with E-state index in [-0.39, 0.29) is 47.1 Å². The van der Waals surface area contributed by atoms with Crippen LogP contribution in [0, 0.1) is 22.7 Å². The maximum atomic E-state index is 13.5. The van der Waals surface area contributed by atoms with Gasteiger partial charge in [0, 0.05) is 73.6 Å². The average molecular weight is 1080 g/mol. The summed E-state index contributed by atoms with van der Waals surface area (Å²) in [6, 6.07) is 37.3. The van der Waals surface area contributed by atoms with E-state index in [1.54, 1.807) is 0 Å². The summed E-state index contributed by atoms with van der Waals surface area (Å²) in [5.74, 6) is -0.290. The van der Waals surface area contributed by atoms with E-state index in [2.05, 4.69) is 46.2 Å². The molecule has 6 aliphatic rings. The molecule has 2 heterocycles. The molecule has 6 fully saturated rings. The molecule has 4 saturated carbocycles. The smallest absolute Gasteiger partial charge is 0.376 e. The second-order valence-corrected chi connectivity index (χ2v) is 23.3. The normalized spacial score (nSPS) is 26.4. The molecule has 0 spiro atoms. The highest BCUT2D eigenvalue weighted by Crippen LogP contribution is 2.45. The summed E-state index contributed by atoms with van der Waals surface area (Å²) in [5, 5.41) is 39.9. The molecule has 2 aliphatic heterocycles. The Labute approximate surface area is 454 Å². The van der Waals surface area contributed by atoms with Gasteiger partial charge in [0.25, 0.3) is 11.8 Å². The molecule has 10 nitrogen and oxygen atoms in total. The molecule has 0 aromatic heterocycles. The van der Waals surface area contributed by atoms with Gasteiger partial charge in [-0.05, 0) is 163 Å². The molecule has 416 valence electrons. The third kappa shape index (κ3) is 11.9. The molecule has 2 N–H and O–H groups in total. The van der Waals surface area contributed by atoms with E-state index in [4.69, 9.17) is 0 Å². The largest absolute Gasteiger partial charge is 0.421 e. The van der Waals surface area contributed by atoms with Crippen molar-refractivity contribution in [3.05, 3.63) is 143 Å². The van der Waals surface area contributed by atoms with E-state index in [0.717, 1.165) is 154 Å². The molecule has 0 unspecified atom stereocenters. The van der Waals surface area contributed by atoms with Gasteiger partial charge in [0.15, 0.2) is 11.2 Å². The van der Waals surface area contributed by atoms with Gasteiger partial charge in [0.1, 0.15) is 0 Å². The number of aliphatic hydroxyl groups is 2. The van der Waals surface area contributed by atoms with Crippen molar-refractivity contribution >= 4 is 11.8 Å². The van der Waals surface area contributed by atoms with Crippen LogP contribution in [0.25, 0.3) is 0 Å². The topological polar surface area (TPSA) is 135 Å². The number of carbonyl (C=O) groups is 2. The number of carbonyl (C=O) groups excluding carboxylic acids is 2. The van der Waals surface area contributed by atoms with Gasteiger partial charge in [-0.1, -0.05) is 84.9 Å². The first-order chi connectivity index (χ1) is 37.1. The third-order valence-electron chi connectivity index (χ3n) is 18.4. The van der Waals surface area contributed by atoms with Crippen molar-refractivity contribution in [1.29, 1.82) is 10.5 Å². The van der Waals surface area contributed by atoms with Crippen molar-refractivity contribution in [1.82, 2.24) is 19.6 Å². The van der Waals surface area contributed by atoms with Crippen LogP contribution in [0.2, 0.25) is 0 Å². The molecule has 4 aromatic carbocycles. The van der Waals surface area contributed by atoms with Crippen LogP contribution in [0.15, 0.2) is 109 Å². The third-order valence-corrected chi connectivity index (χ3v) is 18.4. The monoisotopic (exact) mass is 1080 g/mol. The predicted octanol–water partition coefficient (Wildman–Crippen LogP) is 11.9.